The highest BCUT2D eigenvalue weighted by Crippen LogP contribution is 2.31. The van der Waals surface area contributed by atoms with E-state index in [2.05, 4.69) is 32.4 Å². The summed E-state index contributed by atoms with van der Waals surface area (Å²) in [5.41, 5.74) is 1.03. The number of hydrogen-bond donors (Lipinski definition) is 2. The van der Waals surface area contributed by atoms with E-state index in [9.17, 15) is 0 Å². The lowest BCUT2D eigenvalue weighted by atomic mass is 10.1. The van der Waals surface area contributed by atoms with Crippen LogP contribution in [0, 0.1) is 5.92 Å². The van der Waals surface area contributed by atoms with Gasteiger partial charge in [-0.25, -0.2) is 0 Å². The number of hydrogen-bond acceptors (Lipinski definition) is 3. The molecule has 0 bridgehead atoms. The first-order chi connectivity index (χ1) is 10.3. The molecule has 5 nitrogen and oxygen atoms in total. The van der Waals surface area contributed by atoms with Gasteiger partial charge < -0.3 is 10.6 Å². The molecule has 0 spiro atoms. The molecule has 1 aliphatic heterocycles. The van der Waals surface area contributed by atoms with Crippen molar-refractivity contribution in [1.29, 1.82) is 0 Å². The van der Waals surface area contributed by atoms with E-state index in [1.165, 1.54) is 19.4 Å². The Morgan fingerprint density at radius 1 is 1.38 bits per heavy atom. The molecular formula is C16H25N5. The van der Waals surface area contributed by atoms with E-state index in [0.717, 1.165) is 24.2 Å². The number of rotatable bonds is 4. The Labute approximate surface area is 126 Å². The molecule has 1 aromatic heterocycles. The van der Waals surface area contributed by atoms with Crippen molar-refractivity contribution in [2.75, 3.05) is 20.1 Å². The van der Waals surface area contributed by atoms with Crippen LogP contribution in [-0.2, 0) is 6.54 Å². The molecule has 2 heterocycles. The highest BCUT2D eigenvalue weighted by atomic mass is 15.3. The molecule has 3 rings (SSSR count). The number of nitrogens with zero attached hydrogens (tertiary/aromatic N) is 3. The maximum absolute atomic E-state index is 4.33. The summed E-state index contributed by atoms with van der Waals surface area (Å²) >= 11 is 0. The predicted molar refractivity (Wildman–Crippen MR) is 85.1 cm³/mol. The minimum absolute atomic E-state index is 0.487. The Bertz CT molecular complexity index is 483. The number of nitrogens with one attached hydrogen (secondary N) is 2. The van der Waals surface area contributed by atoms with E-state index in [-0.39, 0.29) is 0 Å². The molecule has 2 unspecified atom stereocenters. The third-order valence-corrected chi connectivity index (χ3v) is 4.41. The second-order valence-electron chi connectivity index (χ2n) is 6.16. The molecule has 2 N–H and O–H groups in total. The van der Waals surface area contributed by atoms with Gasteiger partial charge in [0.2, 0.25) is 0 Å². The van der Waals surface area contributed by atoms with E-state index in [0.29, 0.717) is 18.5 Å². The standard InChI is InChI=1S/C16H25N5/c1-12-10-21(14-6-7-14)11-15(12)20-16(17-2)19-9-13-5-3-4-8-18-13/h3-5,8,12,14-15H,6-7,9-11H2,1-2H3,(H2,17,19,20). The summed E-state index contributed by atoms with van der Waals surface area (Å²) in [7, 11) is 1.83. The van der Waals surface area contributed by atoms with E-state index < -0.39 is 0 Å². The number of aromatic nitrogens is 1. The van der Waals surface area contributed by atoms with Crippen LogP contribution in [0.1, 0.15) is 25.5 Å². The molecule has 1 aromatic rings. The normalized spacial score (nSPS) is 26.9. The fraction of sp³-hybridized carbons (Fsp3) is 0.625. The van der Waals surface area contributed by atoms with Gasteiger partial charge in [0.05, 0.1) is 12.2 Å². The SMILES string of the molecule is CN=C(NCc1ccccn1)NC1CN(C2CC2)CC1C. The van der Waals surface area contributed by atoms with Gasteiger partial charge in [0.15, 0.2) is 5.96 Å². The third-order valence-electron chi connectivity index (χ3n) is 4.41. The van der Waals surface area contributed by atoms with Gasteiger partial charge in [-0.15, -0.1) is 0 Å². The molecule has 1 saturated heterocycles. The number of guanidine groups is 1. The molecule has 1 aliphatic carbocycles. The van der Waals surface area contributed by atoms with Gasteiger partial charge in [-0.3, -0.25) is 14.9 Å². The Morgan fingerprint density at radius 2 is 2.24 bits per heavy atom. The lowest BCUT2D eigenvalue weighted by molar-refractivity contribution is 0.315. The Morgan fingerprint density at radius 3 is 2.90 bits per heavy atom. The van der Waals surface area contributed by atoms with Crippen LogP contribution in [0.25, 0.3) is 0 Å². The van der Waals surface area contributed by atoms with Crippen LogP contribution in [-0.4, -0.2) is 48.1 Å². The number of aliphatic imine (C=N–C) groups is 1. The predicted octanol–water partition coefficient (Wildman–Crippen LogP) is 1.23. The Hall–Kier alpha value is -1.62. The van der Waals surface area contributed by atoms with E-state index in [1.807, 2.05) is 31.4 Å². The zero-order chi connectivity index (χ0) is 14.7. The lowest BCUT2D eigenvalue weighted by Crippen LogP contribution is -2.46. The molecule has 2 aliphatic rings. The smallest absolute Gasteiger partial charge is 0.191 e. The van der Waals surface area contributed by atoms with Crippen molar-refractivity contribution in [3.63, 3.8) is 0 Å². The number of likely N-dealkylation sites (tertiary alicyclic amines) is 1. The summed E-state index contributed by atoms with van der Waals surface area (Å²) in [6.45, 7) is 5.37. The van der Waals surface area contributed by atoms with E-state index in [1.54, 1.807) is 0 Å². The first-order valence-electron chi connectivity index (χ1n) is 7.87. The second kappa shape index (κ2) is 6.43. The van der Waals surface area contributed by atoms with Crippen molar-refractivity contribution < 1.29 is 0 Å². The topological polar surface area (TPSA) is 52.6 Å². The summed E-state index contributed by atoms with van der Waals surface area (Å²) in [5.74, 6) is 1.54. The average Bonchev–Trinajstić information content (AvgIpc) is 3.29. The zero-order valence-corrected chi connectivity index (χ0v) is 12.9. The first-order valence-corrected chi connectivity index (χ1v) is 7.87. The molecule has 114 valence electrons. The summed E-state index contributed by atoms with van der Waals surface area (Å²) in [6, 6.07) is 7.30. The summed E-state index contributed by atoms with van der Waals surface area (Å²) in [6.07, 6.45) is 4.58. The highest BCUT2D eigenvalue weighted by molar-refractivity contribution is 5.80. The Kier molecular flexibility index (Phi) is 4.39. The third kappa shape index (κ3) is 3.73. The number of pyridine rings is 1. The lowest BCUT2D eigenvalue weighted by Gasteiger charge is -2.20. The molecule has 0 radical (unpaired) electrons. The van der Waals surface area contributed by atoms with Crippen LogP contribution in [0.15, 0.2) is 29.4 Å². The van der Waals surface area contributed by atoms with Gasteiger partial charge in [-0.1, -0.05) is 13.0 Å². The van der Waals surface area contributed by atoms with Gasteiger partial charge in [0.1, 0.15) is 0 Å². The minimum Gasteiger partial charge on any atom is -0.352 e. The van der Waals surface area contributed by atoms with Crippen molar-refractivity contribution in [2.24, 2.45) is 10.9 Å². The van der Waals surface area contributed by atoms with Crippen molar-refractivity contribution in [1.82, 2.24) is 20.5 Å². The van der Waals surface area contributed by atoms with Crippen LogP contribution < -0.4 is 10.6 Å². The van der Waals surface area contributed by atoms with Gasteiger partial charge in [-0.2, -0.15) is 0 Å². The molecule has 5 heteroatoms. The monoisotopic (exact) mass is 287 g/mol. The quantitative estimate of drug-likeness (QED) is 0.646. The average molecular weight is 287 g/mol. The summed E-state index contributed by atoms with van der Waals surface area (Å²) in [4.78, 5) is 11.3. The van der Waals surface area contributed by atoms with Crippen molar-refractivity contribution >= 4 is 5.96 Å². The van der Waals surface area contributed by atoms with Gasteiger partial charge in [0, 0.05) is 38.4 Å². The zero-order valence-electron chi connectivity index (χ0n) is 12.9. The molecule has 1 saturated carbocycles. The van der Waals surface area contributed by atoms with Gasteiger partial charge in [-0.05, 0) is 30.9 Å². The van der Waals surface area contributed by atoms with Crippen LogP contribution in [0.3, 0.4) is 0 Å². The summed E-state index contributed by atoms with van der Waals surface area (Å²) in [5, 5.41) is 6.92. The van der Waals surface area contributed by atoms with Gasteiger partial charge >= 0.3 is 0 Å². The van der Waals surface area contributed by atoms with E-state index >= 15 is 0 Å². The second-order valence-corrected chi connectivity index (χ2v) is 6.16. The Balaban J connectivity index is 1.50. The van der Waals surface area contributed by atoms with Crippen molar-refractivity contribution in [3.05, 3.63) is 30.1 Å². The fourth-order valence-corrected chi connectivity index (χ4v) is 2.98. The first kappa shape index (κ1) is 14.3. The van der Waals surface area contributed by atoms with Crippen LogP contribution in [0.2, 0.25) is 0 Å². The molecule has 2 atom stereocenters. The molecule has 2 fully saturated rings. The maximum atomic E-state index is 4.33. The molecule has 0 amide bonds. The van der Waals surface area contributed by atoms with Crippen LogP contribution in [0.5, 0.6) is 0 Å². The van der Waals surface area contributed by atoms with Crippen molar-refractivity contribution in [2.45, 2.75) is 38.4 Å². The molecule has 21 heavy (non-hydrogen) atoms. The molecule has 0 aromatic carbocycles. The maximum Gasteiger partial charge on any atom is 0.191 e. The minimum atomic E-state index is 0.487. The largest absolute Gasteiger partial charge is 0.352 e. The fourth-order valence-electron chi connectivity index (χ4n) is 2.98. The van der Waals surface area contributed by atoms with Crippen molar-refractivity contribution in [3.8, 4) is 0 Å². The van der Waals surface area contributed by atoms with Crippen LogP contribution in [0.4, 0.5) is 0 Å². The van der Waals surface area contributed by atoms with E-state index in [4.69, 9.17) is 0 Å². The molecular weight excluding hydrogens is 262 g/mol. The summed E-state index contributed by atoms with van der Waals surface area (Å²) < 4.78 is 0. The highest BCUT2D eigenvalue weighted by Gasteiger charge is 2.38. The van der Waals surface area contributed by atoms with Crippen LogP contribution >= 0.6 is 0 Å². The van der Waals surface area contributed by atoms with Gasteiger partial charge in [0.25, 0.3) is 0 Å².